The minimum absolute atomic E-state index is 0.306. The molecule has 0 fully saturated rings. The van der Waals surface area contributed by atoms with E-state index in [9.17, 15) is 0 Å². The third kappa shape index (κ3) is 2.51. The van der Waals surface area contributed by atoms with Gasteiger partial charge in [-0.25, -0.2) is 4.98 Å². The van der Waals surface area contributed by atoms with Gasteiger partial charge in [0.15, 0.2) is 0 Å². The highest BCUT2D eigenvalue weighted by Gasteiger charge is 2.10. The Hall–Kier alpha value is -1.87. The van der Waals surface area contributed by atoms with Crippen LogP contribution in [-0.2, 0) is 0 Å². The zero-order chi connectivity index (χ0) is 13.0. The van der Waals surface area contributed by atoms with Crippen molar-refractivity contribution in [3.05, 3.63) is 48.2 Å². The SMILES string of the molecule is CNC(C)c1ccccc1-c1ccnc(OC)c1. The number of pyridine rings is 1. The van der Waals surface area contributed by atoms with Gasteiger partial charge in [0, 0.05) is 18.3 Å². The van der Waals surface area contributed by atoms with E-state index in [1.807, 2.05) is 25.2 Å². The van der Waals surface area contributed by atoms with Crippen LogP contribution in [0, 0.1) is 0 Å². The molecular weight excluding hydrogens is 224 g/mol. The van der Waals surface area contributed by atoms with Crippen LogP contribution in [0.15, 0.2) is 42.6 Å². The Bertz CT molecular complexity index is 525. The lowest BCUT2D eigenvalue weighted by Gasteiger charge is -2.16. The smallest absolute Gasteiger partial charge is 0.213 e. The van der Waals surface area contributed by atoms with Crippen molar-refractivity contribution in [3.63, 3.8) is 0 Å². The topological polar surface area (TPSA) is 34.2 Å². The minimum Gasteiger partial charge on any atom is -0.481 e. The van der Waals surface area contributed by atoms with Gasteiger partial charge < -0.3 is 10.1 Å². The van der Waals surface area contributed by atoms with Gasteiger partial charge in [0.25, 0.3) is 0 Å². The van der Waals surface area contributed by atoms with Crippen LogP contribution in [0.25, 0.3) is 11.1 Å². The summed E-state index contributed by atoms with van der Waals surface area (Å²) in [5.74, 6) is 0.638. The van der Waals surface area contributed by atoms with Crippen molar-refractivity contribution in [2.45, 2.75) is 13.0 Å². The summed E-state index contributed by atoms with van der Waals surface area (Å²) in [5.41, 5.74) is 3.60. The van der Waals surface area contributed by atoms with Gasteiger partial charge in [0.05, 0.1) is 7.11 Å². The third-order valence-corrected chi connectivity index (χ3v) is 3.12. The van der Waals surface area contributed by atoms with Crippen LogP contribution in [0.3, 0.4) is 0 Å². The highest BCUT2D eigenvalue weighted by molar-refractivity contribution is 5.68. The number of nitrogens with zero attached hydrogens (tertiary/aromatic N) is 1. The first-order chi connectivity index (χ1) is 8.76. The molecule has 1 N–H and O–H groups in total. The number of benzene rings is 1. The molecule has 3 heteroatoms. The Balaban J connectivity index is 2.49. The fourth-order valence-corrected chi connectivity index (χ4v) is 1.98. The van der Waals surface area contributed by atoms with E-state index in [0.717, 1.165) is 5.56 Å². The summed E-state index contributed by atoms with van der Waals surface area (Å²) < 4.78 is 5.18. The highest BCUT2D eigenvalue weighted by atomic mass is 16.5. The van der Waals surface area contributed by atoms with Gasteiger partial charge in [-0.3, -0.25) is 0 Å². The first-order valence-electron chi connectivity index (χ1n) is 6.03. The van der Waals surface area contributed by atoms with Gasteiger partial charge in [-0.15, -0.1) is 0 Å². The second-order valence-corrected chi connectivity index (χ2v) is 4.18. The first-order valence-corrected chi connectivity index (χ1v) is 6.03. The molecule has 1 aromatic carbocycles. The molecule has 0 bridgehead atoms. The third-order valence-electron chi connectivity index (χ3n) is 3.12. The van der Waals surface area contributed by atoms with Gasteiger partial charge in [-0.05, 0) is 36.7 Å². The van der Waals surface area contributed by atoms with Crippen molar-refractivity contribution in [3.8, 4) is 17.0 Å². The van der Waals surface area contributed by atoms with Crippen molar-refractivity contribution in [2.75, 3.05) is 14.2 Å². The quantitative estimate of drug-likeness (QED) is 0.894. The lowest BCUT2D eigenvalue weighted by Crippen LogP contribution is -2.13. The number of aromatic nitrogens is 1. The molecule has 0 aliphatic rings. The van der Waals surface area contributed by atoms with E-state index in [2.05, 4.69) is 35.4 Å². The van der Waals surface area contributed by atoms with Crippen molar-refractivity contribution in [1.82, 2.24) is 10.3 Å². The fourth-order valence-electron chi connectivity index (χ4n) is 1.98. The molecule has 1 aromatic heterocycles. The molecule has 2 aromatic rings. The van der Waals surface area contributed by atoms with E-state index >= 15 is 0 Å². The highest BCUT2D eigenvalue weighted by Crippen LogP contribution is 2.29. The summed E-state index contributed by atoms with van der Waals surface area (Å²) in [6.45, 7) is 2.15. The maximum Gasteiger partial charge on any atom is 0.213 e. The molecule has 1 atom stereocenters. The summed E-state index contributed by atoms with van der Waals surface area (Å²) in [4.78, 5) is 4.14. The first kappa shape index (κ1) is 12.6. The molecule has 94 valence electrons. The summed E-state index contributed by atoms with van der Waals surface area (Å²) in [7, 11) is 3.60. The number of rotatable bonds is 4. The Morgan fingerprint density at radius 1 is 1.22 bits per heavy atom. The van der Waals surface area contributed by atoms with Gasteiger partial charge in [0.2, 0.25) is 5.88 Å². The predicted octanol–water partition coefficient (Wildman–Crippen LogP) is 3.04. The summed E-state index contributed by atoms with van der Waals surface area (Å²) >= 11 is 0. The molecule has 2 rings (SSSR count). The van der Waals surface area contributed by atoms with Gasteiger partial charge in [0.1, 0.15) is 0 Å². The maximum atomic E-state index is 5.18. The van der Waals surface area contributed by atoms with Crippen molar-refractivity contribution < 1.29 is 4.74 Å². The van der Waals surface area contributed by atoms with E-state index in [4.69, 9.17) is 4.74 Å². The van der Waals surface area contributed by atoms with Crippen molar-refractivity contribution >= 4 is 0 Å². The number of methoxy groups -OCH3 is 1. The predicted molar refractivity (Wildman–Crippen MR) is 73.7 cm³/mol. The van der Waals surface area contributed by atoms with Gasteiger partial charge >= 0.3 is 0 Å². The van der Waals surface area contributed by atoms with Crippen LogP contribution >= 0.6 is 0 Å². The molecule has 0 saturated heterocycles. The van der Waals surface area contributed by atoms with Crippen LogP contribution in [0.1, 0.15) is 18.5 Å². The van der Waals surface area contributed by atoms with E-state index in [0.29, 0.717) is 11.9 Å². The summed E-state index contributed by atoms with van der Waals surface area (Å²) in [6, 6.07) is 12.6. The molecule has 0 amide bonds. The summed E-state index contributed by atoms with van der Waals surface area (Å²) in [6.07, 6.45) is 1.77. The lowest BCUT2D eigenvalue weighted by atomic mass is 9.96. The number of hydrogen-bond acceptors (Lipinski definition) is 3. The molecule has 0 aliphatic heterocycles. The summed E-state index contributed by atoms with van der Waals surface area (Å²) in [5, 5.41) is 3.27. The monoisotopic (exact) mass is 242 g/mol. The number of ether oxygens (including phenoxy) is 1. The van der Waals surface area contributed by atoms with Crippen LogP contribution in [0.4, 0.5) is 0 Å². The Labute approximate surface area is 108 Å². The van der Waals surface area contributed by atoms with Crippen LogP contribution in [-0.4, -0.2) is 19.1 Å². The molecule has 18 heavy (non-hydrogen) atoms. The van der Waals surface area contributed by atoms with Crippen molar-refractivity contribution in [1.29, 1.82) is 0 Å². The van der Waals surface area contributed by atoms with E-state index in [-0.39, 0.29) is 0 Å². The average molecular weight is 242 g/mol. The van der Waals surface area contributed by atoms with E-state index in [1.54, 1.807) is 13.3 Å². The largest absolute Gasteiger partial charge is 0.481 e. The van der Waals surface area contributed by atoms with Crippen molar-refractivity contribution in [2.24, 2.45) is 0 Å². The van der Waals surface area contributed by atoms with Gasteiger partial charge in [-0.2, -0.15) is 0 Å². The van der Waals surface area contributed by atoms with E-state index < -0.39 is 0 Å². The second-order valence-electron chi connectivity index (χ2n) is 4.18. The number of hydrogen-bond donors (Lipinski definition) is 1. The molecule has 3 nitrogen and oxygen atoms in total. The zero-order valence-corrected chi connectivity index (χ0v) is 11.0. The molecule has 1 unspecified atom stereocenters. The fraction of sp³-hybridized carbons (Fsp3) is 0.267. The van der Waals surface area contributed by atoms with Crippen LogP contribution in [0.5, 0.6) is 5.88 Å². The van der Waals surface area contributed by atoms with E-state index in [1.165, 1.54) is 11.1 Å². The number of nitrogens with one attached hydrogen (secondary N) is 1. The zero-order valence-electron chi connectivity index (χ0n) is 11.0. The molecule has 0 saturated carbocycles. The maximum absolute atomic E-state index is 5.18. The van der Waals surface area contributed by atoms with Gasteiger partial charge in [-0.1, -0.05) is 24.3 Å². The molecule has 0 aliphatic carbocycles. The lowest BCUT2D eigenvalue weighted by molar-refractivity contribution is 0.398. The van der Waals surface area contributed by atoms with Crippen LogP contribution in [0.2, 0.25) is 0 Å². The Kier molecular flexibility index (Phi) is 3.95. The Morgan fingerprint density at radius 3 is 2.72 bits per heavy atom. The minimum atomic E-state index is 0.306. The van der Waals surface area contributed by atoms with Crippen LogP contribution < -0.4 is 10.1 Å². The molecule has 0 radical (unpaired) electrons. The Morgan fingerprint density at radius 2 is 2.00 bits per heavy atom. The standard InChI is InChI=1S/C15H18N2O/c1-11(16-2)13-6-4-5-7-14(13)12-8-9-17-15(10-12)18-3/h4-11,16H,1-3H3. The molecular formula is C15H18N2O. The second kappa shape index (κ2) is 5.65. The average Bonchev–Trinajstić information content (AvgIpc) is 2.46. The normalized spacial score (nSPS) is 12.2. The molecule has 0 spiro atoms. The molecule has 1 heterocycles.